The highest BCUT2D eigenvalue weighted by molar-refractivity contribution is 6.30. The van der Waals surface area contributed by atoms with E-state index in [4.69, 9.17) is 38.6 Å². The molecule has 11 rings (SSSR count). The van der Waals surface area contributed by atoms with Gasteiger partial charge < -0.3 is 19.3 Å². The zero-order valence-corrected chi connectivity index (χ0v) is 45.6. The highest BCUT2D eigenvalue weighted by atomic mass is 35.5. The topological polar surface area (TPSA) is 174 Å². The molecule has 4 heterocycles. The van der Waals surface area contributed by atoms with Gasteiger partial charge in [-0.1, -0.05) is 238 Å². The number of benzene rings is 7. The Kier molecular flexibility index (Phi) is 17.3. The second kappa shape index (κ2) is 25.4. The van der Waals surface area contributed by atoms with Crippen LogP contribution < -0.4 is 0 Å². The highest BCUT2D eigenvalue weighted by Gasteiger charge is 2.41. The summed E-state index contributed by atoms with van der Waals surface area (Å²) in [5.41, 5.74) is 11.7. The molecule has 0 unspecified atom stereocenters. The summed E-state index contributed by atoms with van der Waals surface area (Å²) in [4.78, 5) is 10.8. The number of hydrogen-bond acceptors (Lipinski definition) is 10. The SMILES string of the molecule is CCCCc1nc(Cl)c(CO)n1Cc1ccc(-c2ccccc2-c2nn[nH]n2)cc1.CCCCc1nc(Cl)c(CO)n1Cc1ccc(-c2ccccc2-c2nnn(C(c3ccccc3)(c3ccccc3)c3ccccc3)n2)cc1. The number of unbranched alkanes of at least 4 members (excludes halogenated alkanes) is 2. The van der Waals surface area contributed by atoms with Gasteiger partial charge in [0.25, 0.3) is 0 Å². The van der Waals surface area contributed by atoms with Gasteiger partial charge in [0.2, 0.25) is 11.6 Å². The van der Waals surface area contributed by atoms with Crippen molar-refractivity contribution in [1.29, 1.82) is 0 Å². The number of nitrogens with one attached hydrogen (secondary N) is 1. The number of aryl methyl sites for hydroxylation is 2. The number of H-pyrrole nitrogens is 1. The minimum atomic E-state index is -0.856. The number of aromatic amines is 1. The van der Waals surface area contributed by atoms with E-state index in [0.29, 0.717) is 46.4 Å². The third-order valence-corrected chi connectivity index (χ3v) is 14.8. The molecule has 7 aromatic carbocycles. The zero-order valence-electron chi connectivity index (χ0n) is 44.0. The molecule has 79 heavy (non-hydrogen) atoms. The molecular formula is C63H60Cl2N12O2. The maximum atomic E-state index is 10.0. The van der Waals surface area contributed by atoms with E-state index in [1.54, 1.807) is 4.80 Å². The second-order valence-corrected chi connectivity index (χ2v) is 19.9. The van der Waals surface area contributed by atoms with E-state index in [9.17, 15) is 10.2 Å². The Bertz CT molecular complexity index is 3600. The Balaban J connectivity index is 0.000000201. The van der Waals surface area contributed by atoms with Crippen molar-refractivity contribution in [3.8, 4) is 45.0 Å². The van der Waals surface area contributed by atoms with Crippen LogP contribution in [0.5, 0.6) is 0 Å². The quantitative estimate of drug-likeness (QED) is 0.0623. The normalized spacial score (nSPS) is 11.4. The fourth-order valence-electron chi connectivity index (χ4n) is 10.2. The molecular weight excluding hydrogens is 1030 g/mol. The molecule has 0 fully saturated rings. The van der Waals surface area contributed by atoms with Crippen molar-refractivity contribution in [3.63, 3.8) is 0 Å². The second-order valence-electron chi connectivity index (χ2n) is 19.2. The Morgan fingerprint density at radius 2 is 0.886 bits per heavy atom. The fourth-order valence-corrected chi connectivity index (χ4v) is 10.7. The van der Waals surface area contributed by atoms with Gasteiger partial charge in [0.1, 0.15) is 11.6 Å². The van der Waals surface area contributed by atoms with E-state index < -0.39 is 5.54 Å². The molecule has 0 saturated carbocycles. The van der Waals surface area contributed by atoms with Crippen LogP contribution in [0.3, 0.4) is 0 Å². The average Bonchev–Trinajstić information content (AvgIpc) is 4.51. The van der Waals surface area contributed by atoms with Crippen molar-refractivity contribution < 1.29 is 10.2 Å². The number of nitrogens with zero attached hydrogens (tertiary/aromatic N) is 11. The van der Waals surface area contributed by atoms with Gasteiger partial charge in [-0.3, -0.25) is 0 Å². The van der Waals surface area contributed by atoms with Crippen LogP contribution >= 0.6 is 23.2 Å². The van der Waals surface area contributed by atoms with Crippen molar-refractivity contribution in [2.45, 2.75) is 84.2 Å². The van der Waals surface area contributed by atoms with Crippen LogP contribution in [0, 0.1) is 0 Å². The first-order valence-corrected chi connectivity index (χ1v) is 27.4. The number of imidazole rings is 2. The molecule has 0 aliphatic rings. The number of halogens is 2. The average molecular weight is 1090 g/mol. The number of aromatic nitrogens is 12. The summed E-state index contributed by atoms with van der Waals surface area (Å²) < 4.78 is 4.07. The largest absolute Gasteiger partial charge is 0.390 e. The molecule has 0 atom stereocenters. The van der Waals surface area contributed by atoms with Crippen molar-refractivity contribution in [2.24, 2.45) is 0 Å². The third kappa shape index (κ3) is 11.6. The van der Waals surface area contributed by atoms with E-state index in [1.807, 2.05) is 106 Å². The van der Waals surface area contributed by atoms with Gasteiger partial charge in [-0.25, -0.2) is 9.97 Å². The minimum absolute atomic E-state index is 0.131. The molecule has 0 saturated heterocycles. The molecule has 0 amide bonds. The van der Waals surface area contributed by atoms with E-state index in [-0.39, 0.29) is 13.2 Å². The van der Waals surface area contributed by atoms with Crippen LogP contribution in [-0.4, -0.2) is 70.1 Å². The van der Waals surface area contributed by atoms with E-state index >= 15 is 0 Å². The summed E-state index contributed by atoms with van der Waals surface area (Å²) in [5, 5.41) is 49.5. The summed E-state index contributed by atoms with van der Waals surface area (Å²) in [6.07, 6.45) is 5.83. The predicted octanol–water partition coefficient (Wildman–Crippen LogP) is 12.8. The molecule has 0 spiro atoms. The highest BCUT2D eigenvalue weighted by Crippen LogP contribution is 2.41. The number of aliphatic hydroxyl groups is 2. The number of aliphatic hydroxyl groups excluding tert-OH is 2. The van der Waals surface area contributed by atoms with E-state index in [1.165, 1.54) is 0 Å². The van der Waals surface area contributed by atoms with Gasteiger partial charge in [-0.15, -0.1) is 25.2 Å². The number of tetrazole rings is 2. The van der Waals surface area contributed by atoms with Gasteiger partial charge >= 0.3 is 0 Å². The summed E-state index contributed by atoms with van der Waals surface area (Å²) >= 11 is 12.7. The maximum Gasteiger partial charge on any atom is 0.205 e. The van der Waals surface area contributed by atoms with E-state index in [0.717, 1.165) is 111 Å². The summed E-state index contributed by atoms with van der Waals surface area (Å²) in [7, 11) is 0. The zero-order chi connectivity index (χ0) is 54.6. The smallest absolute Gasteiger partial charge is 0.205 e. The first kappa shape index (κ1) is 54.0. The molecule has 0 aliphatic carbocycles. The first-order chi connectivity index (χ1) is 38.8. The van der Waals surface area contributed by atoms with Crippen LogP contribution in [0.2, 0.25) is 10.3 Å². The van der Waals surface area contributed by atoms with Crippen LogP contribution in [0.25, 0.3) is 45.0 Å². The lowest BCUT2D eigenvalue weighted by molar-refractivity contribution is 0.271. The van der Waals surface area contributed by atoms with Crippen molar-refractivity contribution in [1.82, 2.24) is 59.9 Å². The molecule has 11 aromatic rings. The Morgan fingerprint density at radius 3 is 1.28 bits per heavy atom. The Hall–Kier alpha value is -8.40. The molecule has 398 valence electrons. The maximum absolute atomic E-state index is 10.0. The summed E-state index contributed by atoms with van der Waals surface area (Å²) in [6.45, 7) is 5.20. The molecule has 3 N–H and O–H groups in total. The summed E-state index contributed by atoms with van der Waals surface area (Å²) in [6, 6.07) is 64.0. The lowest BCUT2D eigenvalue weighted by atomic mass is 9.77. The monoisotopic (exact) mass is 1090 g/mol. The lowest BCUT2D eigenvalue weighted by Gasteiger charge is -2.34. The summed E-state index contributed by atoms with van der Waals surface area (Å²) in [5.74, 6) is 2.92. The molecule has 14 nitrogen and oxygen atoms in total. The number of hydrogen-bond donors (Lipinski definition) is 3. The fraction of sp³-hybridized carbons (Fsp3) is 0.206. The molecule has 4 aromatic heterocycles. The molecule has 0 radical (unpaired) electrons. The van der Waals surface area contributed by atoms with Crippen LogP contribution in [0.1, 0.15) is 90.4 Å². The van der Waals surface area contributed by atoms with Gasteiger partial charge in [0.05, 0.1) is 24.6 Å². The van der Waals surface area contributed by atoms with E-state index in [2.05, 4.69) is 135 Å². The van der Waals surface area contributed by atoms with Crippen LogP contribution in [0.15, 0.2) is 188 Å². The van der Waals surface area contributed by atoms with Gasteiger partial charge in [-0.05, 0) is 73.3 Å². The van der Waals surface area contributed by atoms with Crippen molar-refractivity contribution in [2.75, 3.05) is 0 Å². The van der Waals surface area contributed by atoms with Crippen LogP contribution in [0.4, 0.5) is 0 Å². The van der Waals surface area contributed by atoms with Gasteiger partial charge in [0, 0.05) is 37.1 Å². The predicted molar refractivity (Wildman–Crippen MR) is 310 cm³/mol. The third-order valence-electron chi connectivity index (χ3n) is 14.2. The lowest BCUT2D eigenvalue weighted by Crippen LogP contribution is -2.39. The van der Waals surface area contributed by atoms with Crippen LogP contribution in [-0.2, 0) is 44.7 Å². The molecule has 16 heteroatoms. The standard InChI is InChI=1S/C41H37ClN6O.C22H23ClN6O/c1-2-3-23-38-43-39(42)37(29-49)47(38)28-30-24-26-31(27-25-30)35-21-13-14-22-36(35)40-44-46-48(45-40)41(32-15-7-4-8-16-32,33-17-9-5-10-18-33)34-19-11-6-12-20-34;1-2-3-8-20-24-21(23)19(14-30)29(20)13-15-9-11-16(12-10-15)17-6-4-5-7-18(17)22-25-27-28-26-22/h4-22,24-27,49H,2-3,23,28-29H2,1H3;4-7,9-12,30H,2-3,8,13-14H2,1H3,(H,25,26,27,28). The Morgan fingerprint density at radius 1 is 0.481 bits per heavy atom. The van der Waals surface area contributed by atoms with Gasteiger partial charge in [-0.2, -0.15) is 5.21 Å². The molecule has 0 aliphatic heterocycles. The Labute approximate surface area is 469 Å². The number of rotatable bonds is 20. The van der Waals surface area contributed by atoms with Gasteiger partial charge in [0.15, 0.2) is 15.8 Å². The molecule has 0 bridgehead atoms. The van der Waals surface area contributed by atoms with Crippen molar-refractivity contribution >= 4 is 23.2 Å². The van der Waals surface area contributed by atoms with Crippen molar-refractivity contribution in [3.05, 3.63) is 249 Å². The minimum Gasteiger partial charge on any atom is -0.390 e. The first-order valence-electron chi connectivity index (χ1n) is 26.6.